The van der Waals surface area contributed by atoms with Crippen LogP contribution < -0.4 is 24.6 Å². The monoisotopic (exact) mass is 789 g/mol. The molecule has 14 heteroatoms. The smallest absolute Gasteiger partial charge is 0.338 e. The zero-order chi connectivity index (χ0) is 35.6. The number of amides is 3. The molecule has 4 aliphatic rings. The van der Waals surface area contributed by atoms with Gasteiger partial charge in [0, 0.05) is 31.8 Å². The van der Waals surface area contributed by atoms with Gasteiger partial charge in [0.2, 0.25) is 11.8 Å². The molecule has 2 N–H and O–H groups in total. The van der Waals surface area contributed by atoms with Gasteiger partial charge in [0.05, 0.1) is 41.8 Å². The molecule has 8 rings (SSSR count). The summed E-state index contributed by atoms with van der Waals surface area (Å²) < 4.78 is 17.3. The van der Waals surface area contributed by atoms with Gasteiger partial charge in [-0.2, -0.15) is 0 Å². The highest BCUT2D eigenvalue weighted by atomic mass is 79.9. The third-order valence-corrected chi connectivity index (χ3v) is 13.5. The fraction of sp³-hybridized carbons (Fsp3) is 0.324. The number of hydrogen-bond donors (Lipinski definition) is 2. The molecule has 3 aromatic carbocycles. The number of benzene rings is 3. The SMILES string of the molecule is CCOC(=O)c1ccc(N2C(=O)C3C(C2=O)[C@@H]2C[C@H]3C3Sc4[nH]c(=O)sc4[C@H](c4cc(Br)ccc4OCC(=O)Nc4ccc(OC)cc4)C32)cc1. The lowest BCUT2D eigenvalue weighted by Gasteiger charge is -2.43. The second kappa shape index (κ2) is 13.3. The number of aromatic amines is 1. The van der Waals surface area contributed by atoms with E-state index in [4.69, 9.17) is 14.2 Å². The Bertz CT molecular complexity index is 2120. The number of nitrogens with one attached hydrogen (secondary N) is 2. The Labute approximate surface area is 309 Å². The molecular formula is C37H32BrN3O8S2. The van der Waals surface area contributed by atoms with Crippen molar-refractivity contribution in [3.8, 4) is 11.5 Å². The number of ether oxygens (including phenoxy) is 3. The quantitative estimate of drug-likeness (QED) is 0.152. The van der Waals surface area contributed by atoms with Crippen LogP contribution >= 0.6 is 39.0 Å². The number of hydrogen-bond acceptors (Lipinski definition) is 10. The first-order chi connectivity index (χ1) is 24.7. The van der Waals surface area contributed by atoms with Crippen molar-refractivity contribution in [2.24, 2.45) is 29.6 Å². The highest BCUT2D eigenvalue weighted by molar-refractivity contribution is 9.10. The second-order valence-corrected chi connectivity index (χ2v) is 16.1. The average Bonchev–Trinajstić information content (AvgIpc) is 3.87. The number of nitrogens with zero attached hydrogens (tertiary/aromatic N) is 1. The summed E-state index contributed by atoms with van der Waals surface area (Å²) in [4.78, 5) is 71.3. The summed E-state index contributed by atoms with van der Waals surface area (Å²) in [6, 6.07) is 19.0. The number of methoxy groups -OCH3 is 1. The molecule has 0 spiro atoms. The van der Waals surface area contributed by atoms with Crippen molar-refractivity contribution < 1.29 is 33.4 Å². The standard InChI is InChI=1S/C37H32BrN3O8S2/c1-3-48-36(45)17-4-9-20(10-5-17)41-34(43)29-23-15-24(30(29)35(41)44)31-28(23)27(32-33(50-31)40-37(46)51-32)22-14-18(38)6-13-25(22)49-16-26(42)39-19-7-11-21(47-2)12-8-19/h4-14,23-24,27-31H,3,15-16H2,1-2H3,(H,39,42)(H,40,46)/t23-,24-,27-,28?,29?,30?,31?/m1/s1. The minimum atomic E-state index is -0.513. The fourth-order valence-corrected chi connectivity index (χ4v) is 11.7. The zero-order valence-electron chi connectivity index (χ0n) is 27.4. The van der Waals surface area contributed by atoms with Crippen molar-refractivity contribution >= 4 is 74.1 Å². The van der Waals surface area contributed by atoms with Crippen LogP contribution in [0.25, 0.3) is 0 Å². The van der Waals surface area contributed by atoms with E-state index < -0.39 is 17.8 Å². The Morgan fingerprint density at radius 3 is 2.41 bits per heavy atom. The molecule has 4 aromatic rings. The number of halogens is 1. The van der Waals surface area contributed by atoms with Crippen molar-refractivity contribution in [3.63, 3.8) is 0 Å². The van der Waals surface area contributed by atoms with Crippen LogP contribution in [0.3, 0.4) is 0 Å². The van der Waals surface area contributed by atoms with Gasteiger partial charge in [-0.3, -0.25) is 24.1 Å². The summed E-state index contributed by atoms with van der Waals surface area (Å²) in [6.45, 7) is 1.72. The van der Waals surface area contributed by atoms with Gasteiger partial charge in [0.1, 0.15) is 11.5 Å². The molecule has 2 saturated carbocycles. The molecule has 3 amide bonds. The molecule has 3 fully saturated rings. The third kappa shape index (κ3) is 5.77. The van der Waals surface area contributed by atoms with E-state index in [1.807, 2.05) is 18.2 Å². The maximum absolute atomic E-state index is 14.2. The Hall–Kier alpha value is -4.40. The van der Waals surface area contributed by atoms with Crippen molar-refractivity contribution in [1.82, 2.24) is 4.98 Å². The van der Waals surface area contributed by atoms with Gasteiger partial charge in [-0.25, -0.2) is 4.79 Å². The molecule has 0 radical (unpaired) electrons. The summed E-state index contributed by atoms with van der Waals surface area (Å²) >= 11 is 6.37. The molecule has 1 saturated heterocycles. The molecule has 2 aliphatic heterocycles. The number of imide groups is 1. The van der Waals surface area contributed by atoms with E-state index in [1.165, 1.54) is 4.90 Å². The number of aromatic nitrogens is 1. The van der Waals surface area contributed by atoms with Gasteiger partial charge >= 0.3 is 10.8 Å². The summed E-state index contributed by atoms with van der Waals surface area (Å²) in [7, 11) is 1.57. The summed E-state index contributed by atoms with van der Waals surface area (Å²) in [6.07, 6.45) is 0.717. The average molecular weight is 791 g/mol. The van der Waals surface area contributed by atoms with E-state index in [9.17, 15) is 24.0 Å². The highest BCUT2D eigenvalue weighted by Crippen LogP contribution is 2.69. The second-order valence-electron chi connectivity index (χ2n) is 13.0. The van der Waals surface area contributed by atoms with Gasteiger partial charge in [-0.15, -0.1) is 11.8 Å². The first-order valence-electron chi connectivity index (χ1n) is 16.6. The number of thioether (sulfide) groups is 1. The van der Waals surface area contributed by atoms with Crippen LogP contribution in [0.5, 0.6) is 11.5 Å². The Kier molecular flexibility index (Phi) is 8.79. The van der Waals surface area contributed by atoms with Gasteiger partial charge in [-0.1, -0.05) is 27.3 Å². The number of anilines is 2. The van der Waals surface area contributed by atoms with Crippen LogP contribution in [0.4, 0.5) is 11.4 Å². The minimum Gasteiger partial charge on any atom is -0.497 e. The summed E-state index contributed by atoms with van der Waals surface area (Å²) in [5.41, 5.74) is 2.18. The number of rotatable bonds is 9. The largest absolute Gasteiger partial charge is 0.497 e. The Morgan fingerprint density at radius 1 is 0.980 bits per heavy atom. The molecule has 262 valence electrons. The van der Waals surface area contributed by atoms with Crippen molar-refractivity contribution in [3.05, 3.63) is 96.9 Å². The molecule has 2 aliphatic carbocycles. The maximum atomic E-state index is 14.2. The van der Waals surface area contributed by atoms with E-state index in [2.05, 4.69) is 26.2 Å². The highest BCUT2D eigenvalue weighted by Gasteiger charge is 2.70. The summed E-state index contributed by atoms with van der Waals surface area (Å²) in [5.74, 6) is -1.69. The molecular weight excluding hydrogens is 758 g/mol. The first-order valence-corrected chi connectivity index (χ1v) is 19.1. The molecule has 7 atom stereocenters. The number of fused-ring (bicyclic) bond motifs is 9. The van der Waals surface area contributed by atoms with E-state index in [-0.39, 0.29) is 64.7 Å². The number of carbonyl (C=O) groups is 4. The predicted molar refractivity (Wildman–Crippen MR) is 195 cm³/mol. The van der Waals surface area contributed by atoms with E-state index >= 15 is 0 Å². The van der Waals surface area contributed by atoms with Crippen LogP contribution in [-0.4, -0.2) is 54.2 Å². The van der Waals surface area contributed by atoms with Crippen LogP contribution in [-0.2, 0) is 19.1 Å². The van der Waals surface area contributed by atoms with Crippen molar-refractivity contribution in [2.75, 3.05) is 30.5 Å². The summed E-state index contributed by atoms with van der Waals surface area (Å²) in [5, 5.41) is 3.58. The van der Waals surface area contributed by atoms with Gasteiger partial charge in [-0.05, 0) is 97.8 Å². The molecule has 3 heterocycles. The normalized spacial score (nSPS) is 25.6. The molecule has 4 unspecified atom stereocenters. The maximum Gasteiger partial charge on any atom is 0.338 e. The lowest BCUT2D eigenvalue weighted by Crippen LogP contribution is -2.42. The zero-order valence-corrected chi connectivity index (χ0v) is 30.6. The predicted octanol–water partition coefficient (Wildman–Crippen LogP) is 6.08. The van der Waals surface area contributed by atoms with Crippen molar-refractivity contribution in [2.45, 2.75) is 29.5 Å². The lowest BCUT2D eigenvalue weighted by molar-refractivity contribution is -0.123. The number of H-pyrrole nitrogens is 1. The molecule has 51 heavy (non-hydrogen) atoms. The van der Waals surface area contributed by atoms with Gasteiger partial charge < -0.3 is 24.5 Å². The van der Waals surface area contributed by atoms with Crippen LogP contribution in [0.2, 0.25) is 0 Å². The number of thiazole rings is 1. The molecule has 1 aromatic heterocycles. The van der Waals surface area contributed by atoms with Crippen LogP contribution in [0.1, 0.15) is 40.1 Å². The van der Waals surface area contributed by atoms with E-state index in [0.29, 0.717) is 28.4 Å². The molecule has 2 bridgehead atoms. The lowest BCUT2D eigenvalue weighted by atomic mass is 9.68. The van der Waals surface area contributed by atoms with Crippen LogP contribution in [0, 0.1) is 29.6 Å². The van der Waals surface area contributed by atoms with Gasteiger partial charge in [0.25, 0.3) is 5.91 Å². The fourth-order valence-electron chi connectivity index (χ4n) is 8.49. The van der Waals surface area contributed by atoms with E-state index in [1.54, 1.807) is 74.3 Å². The number of esters is 1. The Morgan fingerprint density at radius 2 is 1.71 bits per heavy atom. The number of carbonyl (C=O) groups excluding carboxylic acids is 4. The van der Waals surface area contributed by atoms with E-state index in [0.717, 1.165) is 37.7 Å². The minimum absolute atomic E-state index is 0.0351. The van der Waals surface area contributed by atoms with Crippen LogP contribution in [0.15, 0.2) is 81.0 Å². The third-order valence-electron chi connectivity index (χ3n) is 10.4. The van der Waals surface area contributed by atoms with Gasteiger partial charge in [0.15, 0.2) is 6.61 Å². The topological polar surface area (TPSA) is 144 Å². The Balaban J connectivity index is 1.10. The first kappa shape index (κ1) is 33.7. The van der Waals surface area contributed by atoms with Crippen molar-refractivity contribution in [1.29, 1.82) is 0 Å². The molecule has 11 nitrogen and oxygen atoms in total.